The molecule has 0 aromatic heterocycles. The van der Waals surface area contributed by atoms with E-state index in [2.05, 4.69) is 0 Å². The first-order valence-corrected chi connectivity index (χ1v) is 7.52. The average Bonchev–Trinajstić information content (AvgIpc) is 2.42. The van der Waals surface area contributed by atoms with Gasteiger partial charge in [-0.15, -0.1) is 0 Å². The standard InChI is InChI=1S/C15H15ClFNS/c16-14-4-2-1-3-12(14)9-19-10-13-6-5-11(8-18)7-15(13)17/h1-7H,8-10,18H2. The lowest BCUT2D eigenvalue weighted by Crippen LogP contribution is -1.98. The average molecular weight is 296 g/mol. The fourth-order valence-electron chi connectivity index (χ4n) is 1.72. The highest BCUT2D eigenvalue weighted by molar-refractivity contribution is 7.97. The van der Waals surface area contributed by atoms with E-state index in [4.69, 9.17) is 17.3 Å². The minimum absolute atomic E-state index is 0.186. The molecule has 0 saturated heterocycles. The van der Waals surface area contributed by atoms with Crippen LogP contribution in [0.15, 0.2) is 42.5 Å². The molecular formula is C15H15ClFNS. The number of rotatable bonds is 5. The van der Waals surface area contributed by atoms with Crippen LogP contribution in [0.5, 0.6) is 0 Å². The van der Waals surface area contributed by atoms with Gasteiger partial charge in [0.05, 0.1) is 0 Å². The first-order valence-electron chi connectivity index (χ1n) is 5.99. The molecule has 19 heavy (non-hydrogen) atoms. The number of benzene rings is 2. The van der Waals surface area contributed by atoms with Crippen molar-refractivity contribution in [3.05, 3.63) is 70.0 Å². The van der Waals surface area contributed by atoms with Crippen LogP contribution in [0.25, 0.3) is 0 Å². The Labute approximate surface area is 122 Å². The molecule has 0 aliphatic heterocycles. The van der Waals surface area contributed by atoms with Crippen LogP contribution in [0.1, 0.15) is 16.7 Å². The third-order valence-electron chi connectivity index (χ3n) is 2.83. The van der Waals surface area contributed by atoms with Gasteiger partial charge in [-0.2, -0.15) is 11.8 Å². The minimum Gasteiger partial charge on any atom is -0.326 e. The molecule has 0 fully saturated rings. The second-order valence-electron chi connectivity index (χ2n) is 4.21. The van der Waals surface area contributed by atoms with E-state index in [0.29, 0.717) is 17.9 Å². The molecule has 0 bridgehead atoms. The lowest BCUT2D eigenvalue weighted by atomic mass is 10.1. The fourth-order valence-corrected chi connectivity index (χ4v) is 3.03. The zero-order valence-corrected chi connectivity index (χ0v) is 12.0. The summed E-state index contributed by atoms with van der Waals surface area (Å²) >= 11 is 7.72. The van der Waals surface area contributed by atoms with Gasteiger partial charge in [-0.25, -0.2) is 4.39 Å². The lowest BCUT2D eigenvalue weighted by molar-refractivity contribution is 0.615. The Morgan fingerprint density at radius 1 is 1.05 bits per heavy atom. The number of thioether (sulfide) groups is 1. The normalized spacial score (nSPS) is 10.7. The molecule has 0 unspecified atom stereocenters. The van der Waals surface area contributed by atoms with Crippen molar-refractivity contribution in [2.24, 2.45) is 5.73 Å². The molecule has 0 spiro atoms. The molecule has 0 saturated carbocycles. The Bertz CT molecular complexity index is 560. The SMILES string of the molecule is NCc1ccc(CSCc2ccccc2Cl)c(F)c1. The fraction of sp³-hybridized carbons (Fsp3) is 0.200. The maximum Gasteiger partial charge on any atom is 0.127 e. The Hall–Kier alpha value is -1.03. The van der Waals surface area contributed by atoms with E-state index in [1.165, 1.54) is 6.07 Å². The third kappa shape index (κ3) is 3.96. The van der Waals surface area contributed by atoms with E-state index in [9.17, 15) is 4.39 Å². The van der Waals surface area contributed by atoms with Crippen molar-refractivity contribution in [1.29, 1.82) is 0 Å². The van der Waals surface area contributed by atoms with Gasteiger partial charge in [0.15, 0.2) is 0 Å². The highest BCUT2D eigenvalue weighted by Gasteiger charge is 2.04. The van der Waals surface area contributed by atoms with Crippen molar-refractivity contribution in [3.8, 4) is 0 Å². The highest BCUT2D eigenvalue weighted by atomic mass is 35.5. The van der Waals surface area contributed by atoms with Crippen LogP contribution < -0.4 is 5.73 Å². The molecule has 2 N–H and O–H groups in total. The smallest absolute Gasteiger partial charge is 0.127 e. The van der Waals surface area contributed by atoms with Crippen LogP contribution in [0.4, 0.5) is 4.39 Å². The zero-order chi connectivity index (χ0) is 13.7. The van der Waals surface area contributed by atoms with Crippen LogP contribution in [-0.4, -0.2) is 0 Å². The molecule has 2 aromatic carbocycles. The van der Waals surface area contributed by atoms with E-state index in [1.54, 1.807) is 17.8 Å². The Kier molecular flexibility index (Phi) is 5.25. The Morgan fingerprint density at radius 3 is 2.47 bits per heavy atom. The second-order valence-corrected chi connectivity index (χ2v) is 5.61. The molecule has 0 aliphatic rings. The van der Waals surface area contributed by atoms with Crippen molar-refractivity contribution in [2.75, 3.05) is 0 Å². The molecule has 2 aromatic rings. The molecule has 2 rings (SSSR count). The van der Waals surface area contributed by atoms with Crippen molar-refractivity contribution >= 4 is 23.4 Å². The van der Waals surface area contributed by atoms with Crippen LogP contribution in [-0.2, 0) is 18.1 Å². The van der Waals surface area contributed by atoms with Crippen molar-refractivity contribution < 1.29 is 4.39 Å². The molecule has 0 aliphatic carbocycles. The van der Waals surface area contributed by atoms with E-state index in [-0.39, 0.29) is 5.82 Å². The Morgan fingerprint density at radius 2 is 1.79 bits per heavy atom. The molecule has 0 amide bonds. The van der Waals surface area contributed by atoms with Gasteiger partial charge < -0.3 is 5.73 Å². The number of hydrogen-bond acceptors (Lipinski definition) is 2. The van der Waals surface area contributed by atoms with Gasteiger partial charge in [-0.05, 0) is 28.8 Å². The molecule has 1 nitrogen and oxygen atoms in total. The first-order chi connectivity index (χ1) is 9.20. The topological polar surface area (TPSA) is 26.0 Å². The van der Waals surface area contributed by atoms with Gasteiger partial charge in [-0.1, -0.05) is 41.9 Å². The molecule has 100 valence electrons. The van der Waals surface area contributed by atoms with Gasteiger partial charge in [0.25, 0.3) is 0 Å². The van der Waals surface area contributed by atoms with Crippen molar-refractivity contribution in [3.63, 3.8) is 0 Å². The van der Waals surface area contributed by atoms with E-state index < -0.39 is 0 Å². The monoisotopic (exact) mass is 295 g/mol. The van der Waals surface area contributed by atoms with Crippen LogP contribution in [0.2, 0.25) is 5.02 Å². The van der Waals surface area contributed by atoms with Crippen LogP contribution in [0.3, 0.4) is 0 Å². The number of hydrogen-bond donors (Lipinski definition) is 1. The summed E-state index contributed by atoms with van der Waals surface area (Å²) in [5, 5.41) is 0.758. The van der Waals surface area contributed by atoms with Gasteiger partial charge in [0.1, 0.15) is 5.82 Å². The summed E-state index contributed by atoms with van der Waals surface area (Å²) in [7, 11) is 0. The predicted molar refractivity (Wildman–Crippen MR) is 80.7 cm³/mol. The lowest BCUT2D eigenvalue weighted by Gasteiger charge is -2.06. The largest absolute Gasteiger partial charge is 0.326 e. The summed E-state index contributed by atoms with van der Waals surface area (Å²) in [6.45, 7) is 0.365. The first kappa shape index (κ1) is 14.4. The molecule has 0 radical (unpaired) electrons. The minimum atomic E-state index is -0.186. The summed E-state index contributed by atoms with van der Waals surface area (Å²) in [6, 6.07) is 12.9. The summed E-state index contributed by atoms with van der Waals surface area (Å²) in [5.41, 5.74) is 8.07. The zero-order valence-electron chi connectivity index (χ0n) is 10.4. The van der Waals surface area contributed by atoms with Gasteiger partial charge >= 0.3 is 0 Å². The van der Waals surface area contributed by atoms with E-state index in [0.717, 1.165) is 21.9 Å². The van der Waals surface area contributed by atoms with Gasteiger partial charge in [-0.3, -0.25) is 0 Å². The van der Waals surface area contributed by atoms with E-state index >= 15 is 0 Å². The second kappa shape index (κ2) is 6.94. The third-order valence-corrected chi connectivity index (χ3v) is 4.23. The summed E-state index contributed by atoms with van der Waals surface area (Å²) in [6.07, 6.45) is 0. The Balaban J connectivity index is 1.94. The maximum absolute atomic E-state index is 13.7. The summed E-state index contributed by atoms with van der Waals surface area (Å²) < 4.78 is 13.7. The molecular weight excluding hydrogens is 281 g/mol. The molecule has 4 heteroatoms. The quantitative estimate of drug-likeness (QED) is 0.886. The number of halogens is 2. The van der Waals surface area contributed by atoms with Crippen LogP contribution in [0, 0.1) is 5.82 Å². The van der Waals surface area contributed by atoms with Crippen LogP contribution >= 0.6 is 23.4 Å². The summed E-state index contributed by atoms with van der Waals surface area (Å²) in [5.74, 6) is 1.22. The van der Waals surface area contributed by atoms with Gasteiger partial charge in [0, 0.05) is 23.1 Å². The maximum atomic E-state index is 13.7. The highest BCUT2D eigenvalue weighted by Crippen LogP contribution is 2.24. The van der Waals surface area contributed by atoms with Gasteiger partial charge in [0.2, 0.25) is 0 Å². The molecule has 0 heterocycles. The number of nitrogens with two attached hydrogens (primary N) is 1. The van der Waals surface area contributed by atoms with E-state index in [1.807, 2.05) is 30.3 Å². The van der Waals surface area contributed by atoms with Crippen molar-refractivity contribution in [1.82, 2.24) is 0 Å². The summed E-state index contributed by atoms with van der Waals surface area (Å²) in [4.78, 5) is 0. The van der Waals surface area contributed by atoms with Crippen molar-refractivity contribution in [2.45, 2.75) is 18.1 Å². The predicted octanol–water partition coefficient (Wildman–Crippen LogP) is 4.37. The molecule has 0 atom stereocenters.